The van der Waals surface area contributed by atoms with Gasteiger partial charge in [-0.25, -0.2) is 9.18 Å². The molecule has 1 aromatic heterocycles. The Morgan fingerprint density at radius 1 is 1.04 bits per heavy atom. The zero-order valence-corrected chi connectivity index (χ0v) is 13.5. The lowest BCUT2D eigenvalue weighted by Crippen LogP contribution is -2.21. The third-order valence-corrected chi connectivity index (χ3v) is 4.69. The molecule has 0 spiro atoms. The van der Waals surface area contributed by atoms with E-state index in [0.29, 0.717) is 17.1 Å². The van der Waals surface area contributed by atoms with Crippen LogP contribution in [0.4, 0.5) is 8.78 Å². The fraction of sp³-hybridized carbons (Fsp3) is 0. The van der Waals surface area contributed by atoms with E-state index in [-0.39, 0.29) is 16.7 Å². The number of nitrogens with zero attached hydrogens (tertiary/aromatic N) is 1. The molecular weight excluding hydrogens is 356 g/mol. The number of aromatic nitrogens is 1. The van der Waals surface area contributed by atoms with Crippen LogP contribution in [0.25, 0.3) is 27.4 Å². The van der Waals surface area contributed by atoms with Gasteiger partial charge in [0.05, 0.1) is 11.1 Å². The van der Waals surface area contributed by atoms with Gasteiger partial charge in [-0.3, -0.25) is 4.79 Å². The molecule has 0 unspecified atom stereocenters. The molecule has 3 aromatic carbocycles. The molecule has 1 N–H and O–H groups in total. The molecule has 0 bridgehead atoms. The van der Waals surface area contributed by atoms with Crippen LogP contribution < -0.4 is 10.2 Å². The van der Waals surface area contributed by atoms with Crippen molar-refractivity contribution in [1.29, 1.82) is 0 Å². The number of ether oxygens (including phenoxy) is 1. The van der Waals surface area contributed by atoms with Crippen molar-refractivity contribution < 1.29 is 23.4 Å². The number of pyridine rings is 1. The summed E-state index contributed by atoms with van der Waals surface area (Å²) in [6, 6.07) is 11.4. The Labute approximate surface area is 149 Å². The van der Waals surface area contributed by atoms with E-state index in [1.807, 2.05) is 12.1 Å². The van der Waals surface area contributed by atoms with Crippen molar-refractivity contribution in [1.82, 2.24) is 4.57 Å². The van der Waals surface area contributed by atoms with E-state index in [1.165, 1.54) is 4.57 Å². The van der Waals surface area contributed by atoms with Crippen molar-refractivity contribution in [3.63, 3.8) is 0 Å². The molecule has 0 fully saturated rings. The van der Waals surface area contributed by atoms with Crippen LogP contribution in [0.3, 0.4) is 0 Å². The SMILES string of the molecule is O=C(O)c1cn2c3c(c(F)c(F)cc3c1=O)Oc1c-2ccc2ccccc12. The highest BCUT2D eigenvalue weighted by Gasteiger charge is 2.29. The van der Waals surface area contributed by atoms with Crippen LogP contribution in [-0.2, 0) is 0 Å². The highest BCUT2D eigenvalue weighted by Crippen LogP contribution is 2.45. The Balaban J connectivity index is 2.03. The smallest absolute Gasteiger partial charge is 0.341 e. The van der Waals surface area contributed by atoms with Crippen molar-refractivity contribution in [2.75, 3.05) is 0 Å². The Morgan fingerprint density at radius 3 is 2.59 bits per heavy atom. The second kappa shape index (κ2) is 5.14. The summed E-state index contributed by atoms with van der Waals surface area (Å²) in [6.45, 7) is 0. The second-order valence-corrected chi connectivity index (χ2v) is 6.18. The Morgan fingerprint density at radius 2 is 1.81 bits per heavy atom. The molecule has 4 aromatic rings. The second-order valence-electron chi connectivity index (χ2n) is 6.18. The molecule has 0 radical (unpaired) electrons. The highest BCUT2D eigenvalue weighted by molar-refractivity contribution is 5.99. The van der Waals surface area contributed by atoms with Crippen LogP contribution in [0.5, 0.6) is 11.5 Å². The number of carboxylic acids is 1. The van der Waals surface area contributed by atoms with Gasteiger partial charge in [0.1, 0.15) is 11.1 Å². The first kappa shape index (κ1) is 15.5. The number of aromatic carboxylic acids is 1. The van der Waals surface area contributed by atoms with E-state index in [2.05, 4.69) is 0 Å². The molecule has 2 heterocycles. The molecule has 27 heavy (non-hydrogen) atoms. The van der Waals surface area contributed by atoms with Crippen molar-refractivity contribution in [3.05, 3.63) is 76.1 Å². The number of hydrogen-bond donors (Lipinski definition) is 1. The molecule has 0 saturated carbocycles. The molecule has 1 aliphatic rings. The molecular formula is C20H9F2NO4. The van der Waals surface area contributed by atoms with Crippen LogP contribution in [0.1, 0.15) is 10.4 Å². The summed E-state index contributed by atoms with van der Waals surface area (Å²) >= 11 is 0. The number of carboxylic acid groups (broad SMARTS) is 1. The molecule has 0 atom stereocenters. The third kappa shape index (κ3) is 1.96. The lowest BCUT2D eigenvalue weighted by molar-refractivity contribution is 0.0695. The number of hydrogen-bond acceptors (Lipinski definition) is 3. The number of fused-ring (bicyclic) bond motifs is 4. The quantitative estimate of drug-likeness (QED) is 0.483. The van der Waals surface area contributed by atoms with E-state index >= 15 is 0 Å². The maximum absolute atomic E-state index is 14.5. The van der Waals surface area contributed by atoms with Crippen LogP contribution >= 0.6 is 0 Å². The third-order valence-electron chi connectivity index (χ3n) is 4.69. The van der Waals surface area contributed by atoms with Crippen LogP contribution in [0.2, 0.25) is 0 Å². The standard InChI is InChI=1S/C20H9F2NO4/c21-13-7-11-16-19(15(13)22)27-18-10-4-2-1-3-9(10)5-6-14(18)23(16)8-12(17(11)24)20(25)26/h1-8H,(H,25,26). The summed E-state index contributed by atoms with van der Waals surface area (Å²) in [5.41, 5.74) is -1.02. The van der Waals surface area contributed by atoms with Crippen molar-refractivity contribution in [3.8, 4) is 17.2 Å². The first-order valence-electron chi connectivity index (χ1n) is 7.98. The highest BCUT2D eigenvalue weighted by atomic mass is 19.2. The number of halogens is 2. The summed E-state index contributed by atoms with van der Waals surface area (Å²) in [5, 5.41) is 10.6. The van der Waals surface area contributed by atoms with E-state index < -0.39 is 34.3 Å². The summed E-state index contributed by atoms with van der Waals surface area (Å²) < 4.78 is 35.7. The zero-order chi connectivity index (χ0) is 18.9. The monoisotopic (exact) mass is 365 g/mol. The summed E-state index contributed by atoms with van der Waals surface area (Å²) in [5.74, 6) is -4.16. The number of rotatable bonds is 1. The maximum Gasteiger partial charge on any atom is 0.341 e. The Kier molecular flexibility index (Phi) is 2.95. The molecule has 0 amide bonds. The van der Waals surface area contributed by atoms with Crippen LogP contribution in [-0.4, -0.2) is 15.6 Å². The van der Waals surface area contributed by atoms with Gasteiger partial charge in [-0.2, -0.15) is 4.39 Å². The maximum atomic E-state index is 14.5. The van der Waals surface area contributed by atoms with Gasteiger partial charge < -0.3 is 14.4 Å². The van der Waals surface area contributed by atoms with Gasteiger partial charge in [-0.05, 0) is 17.5 Å². The summed E-state index contributed by atoms with van der Waals surface area (Å²) in [6.07, 6.45) is 1.12. The van der Waals surface area contributed by atoms with Gasteiger partial charge in [0.15, 0.2) is 17.3 Å². The largest absolute Gasteiger partial charge is 0.477 e. The first-order valence-corrected chi connectivity index (χ1v) is 7.98. The molecule has 7 heteroatoms. The lowest BCUT2D eigenvalue weighted by atomic mass is 10.0. The van der Waals surface area contributed by atoms with Crippen LogP contribution in [0.15, 0.2) is 53.5 Å². The van der Waals surface area contributed by atoms with Gasteiger partial charge in [0.2, 0.25) is 11.2 Å². The Bertz CT molecular complexity index is 1370. The molecule has 0 saturated heterocycles. The van der Waals surface area contributed by atoms with Gasteiger partial charge in [0, 0.05) is 11.6 Å². The minimum atomic E-state index is -1.45. The normalized spacial score (nSPS) is 12.1. The zero-order valence-electron chi connectivity index (χ0n) is 13.5. The summed E-state index contributed by atoms with van der Waals surface area (Å²) in [7, 11) is 0. The summed E-state index contributed by atoms with van der Waals surface area (Å²) in [4.78, 5) is 24.0. The fourth-order valence-electron chi connectivity index (χ4n) is 3.47. The number of carbonyl (C=O) groups is 1. The van der Waals surface area contributed by atoms with Crippen molar-refractivity contribution in [2.45, 2.75) is 0 Å². The Hall–Kier alpha value is -3.74. The van der Waals surface area contributed by atoms with Crippen molar-refractivity contribution in [2.24, 2.45) is 0 Å². The van der Waals surface area contributed by atoms with E-state index in [4.69, 9.17) is 4.74 Å². The number of benzene rings is 3. The van der Waals surface area contributed by atoms with E-state index in [1.54, 1.807) is 24.3 Å². The molecule has 5 rings (SSSR count). The topological polar surface area (TPSA) is 68.5 Å². The minimum Gasteiger partial charge on any atom is -0.477 e. The van der Waals surface area contributed by atoms with Gasteiger partial charge in [-0.1, -0.05) is 30.3 Å². The molecule has 1 aliphatic heterocycles. The predicted octanol–water partition coefficient (Wildman–Crippen LogP) is 4.23. The average Bonchev–Trinajstić information content (AvgIpc) is 2.67. The van der Waals surface area contributed by atoms with Crippen LogP contribution in [0, 0.1) is 11.6 Å². The molecule has 0 aliphatic carbocycles. The minimum absolute atomic E-state index is 0.00770. The van der Waals surface area contributed by atoms with E-state index in [0.717, 1.165) is 11.6 Å². The molecule has 132 valence electrons. The van der Waals surface area contributed by atoms with E-state index in [9.17, 15) is 23.5 Å². The fourth-order valence-corrected chi connectivity index (χ4v) is 3.47. The lowest BCUT2D eigenvalue weighted by Gasteiger charge is -2.25. The molecule has 5 nitrogen and oxygen atoms in total. The average molecular weight is 365 g/mol. The first-order chi connectivity index (χ1) is 13.0. The van der Waals surface area contributed by atoms with Gasteiger partial charge in [0.25, 0.3) is 0 Å². The van der Waals surface area contributed by atoms with Gasteiger partial charge in [-0.15, -0.1) is 0 Å². The predicted molar refractivity (Wildman–Crippen MR) is 94.0 cm³/mol. The van der Waals surface area contributed by atoms with Crippen molar-refractivity contribution >= 4 is 27.6 Å². The van der Waals surface area contributed by atoms with Gasteiger partial charge >= 0.3 is 5.97 Å².